The number of aliphatic carboxylic acids is 4. The van der Waals surface area contributed by atoms with E-state index in [0.717, 1.165) is 13.8 Å². The number of esters is 2. The first-order valence-corrected chi connectivity index (χ1v) is 19.8. The van der Waals surface area contributed by atoms with Gasteiger partial charge in [-0.05, 0) is 12.8 Å². The Morgan fingerprint density at radius 2 is 0.984 bits per heavy atom. The van der Waals surface area contributed by atoms with Crippen LogP contribution in [-0.2, 0) is 67.0 Å². The number of carboxylic acid groups (broad SMARTS) is 4. The predicted octanol–water partition coefficient (Wildman–Crippen LogP) is -0.393. The molecule has 350 valence electrons. The van der Waals surface area contributed by atoms with Gasteiger partial charge < -0.3 is 51.2 Å². The van der Waals surface area contributed by atoms with Gasteiger partial charge in [0.2, 0.25) is 11.8 Å². The van der Waals surface area contributed by atoms with Gasteiger partial charge in [-0.25, -0.2) is 14.4 Å². The third-order valence-electron chi connectivity index (χ3n) is 7.60. The van der Waals surface area contributed by atoms with Crippen molar-refractivity contribution in [3.05, 3.63) is 0 Å². The van der Waals surface area contributed by atoms with Gasteiger partial charge in [0.25, 0.3) is 0 Å². The van der Waals surface area contributed by atoms with Crippen molar-refractivity contribution in [3.8, 4) is 0 Å². The molecule has 0 aliphatic carbocycles. The zero-order chi connectivity index (χ0) is 48.1. The van der Waals surface area contributed by atoms with Gasteiger partial charge in [0.05, 0.1) is 11.8 Å². The largest absolute Gasteiger partial charge is 0.481 e. The second-order valence-electron chi connectivity index (χ2n) is 12.6. The normalized spacial score (nSPS) is 14.3. The lowest BCUT2D eigenvalue weighted by atomic mass is 9.98. The summed E-state index contributed by atoms with van der Waals surface area (Å²) in [6, 6.07) is -7.91. The topological polar surface area (TPSA) is 352 Å². The first-order valence-electron chi connectivity index (χ1n) is 17.3. The summed E-state index contributed by atoms with van der Waals surface area (Å²) in [5.41, 5.74) is 0. The number of halogens is 6. The maximum Gasteiger partial charge on any atom is 0.471 e. The molecular formula is C32H40F6N4O18S2. The van der Waals surface area contributed by atoms with Crippen molar-refractivity contribution in [2.24, 2.45) is 11.8 Å². The molecule has 0 aliphatic heterocycles. The third kappa shape index (κ3) is 23.4. The number of alkyl halides is 6. The molecule has 8 N–H and O–H groups in total. The van der Waals surface area contributed by atoms with E-state index in [1.807, 2.05) is 5.32 Å². The molecule has 22 nitrogen and oxygen atoms in total. The van der Waals surface area contributed by atoms with Crippen molar-refractivity contribution in [2.45, 2.75) is 88.9 Å². The molecule has 0 aromatic rings. The molecule has 0 aliphatic rings. The molecule has 0 fully saturated rings. The Morgan fingerprint density at radius 3 is 1.42 bits per heavy atom. The molecule has 0 heterocycles. The number of hydrogen-bond donors (Lipinski definition) is 8. The molecule has 30 heteroatoms. The molecule has 62 heavy (non-hydrogen) atoms. The molecule has 0 bridgehead atoms. The quantitative estimate of drug-likeness (QED) is 0.0205. The molecule has 0 aromatic carbocycles. The van der Waals surface area contributed by atoms with Crippen LogP contribution < -0.4 is 21.3 Å². The molecule has 4 amide bonds. The Labute approximate surface area is 352 Å². The van der Waals surface area contributed by atoms with Crippen LogP contribution in [0.5, 0.6) is 0 Å². The summed E-state index contributed by atoms with van der Waals surface area (Å²) < 4.78 is 84.8. The zero-order valence-electron chi connectivity index (χ0n) is 32.1. The molecule has 0 aromatic heterocycles. The molecular weight excluding hydrogens is 906 g/mol. The van der Waals surface area contributed by atoms with E-state index in [2.05, 4.69) is 5.32 Å². The van der Waals surface area contributed by atoms with Gasteiger partial charge in [0.1, 0.15) is 43.2 Å². The Morgan fingerprint density at radius 1 is 0.532 bits per heavy atom. The van der Waals surface area contributed by atoms with Crippen LogP contribution in [0.2, 0.25) is 0 Å². The summed E-state index contributed by atoms with van der Waals surface area (Å²) in [5, 5.41) is 44.1. The molecule has 0 radical (unpaired) electrons. The second-order valence-corrected chi connectivity index (χ2v) is 15.2. The highest BCUT2D eigenvalue weighted by Gasteiger charge is 2.42. The van der Waals surface area contributed by atoms with Crippen LogP contribution in [0.4, 0.5) is 26.3 Å². The molecule has 0 rings (SSSR count). The van der Waals surface area contributed by atoms with Crippen molar-refractivity contribution in [3.63, 3.8) is 0 Å². The maximum atomic E-state index is 13.1. The van der Waals surface area contributed by atoms with Crippen LogP contribution in [0.1, 0.15) is 52.4 Å². The van der Waals surface area contributed by atoms with E-state index in [1.54, 1.807) is 0 Å². The summed E-state index contributed by atoms with van der Waals surface area (Å²) in [7, 11) is 1.33. The van der Waals surface area contributed by atoms with Gasteiger partial charge >= 0.3 is 60.0 Å². The number of carbonyl (C=O) groups excluding carboxylic acids is 8. The van der Waals surface area contributed by atoms with Crippen LogP contribution in [0, 0.1) is 11.8 Å². The van der Waals surface area contributed by atoms with Crippen LogP contribution in [0.15, 0.2) is 0 Å². The van der Waals surface area contributed by atoms with E-state index in [4.69, 9.17) is 19.7 Å². The lowest BCUT2D eigenvalue weighted by Gasteiger charge is -2.21. The van der Waals surface area contributed by atoms with Crippen LogP contribution in [0.3, 0.4) is 0 Å². The van der Waals surface area contributed by atoms with E-state index < -0.39 is 183 Å². The Kier molecular flexibility index (Phi) is 24.2. The minimum absolute atomic E-state index is 0.455. The first-order chi connectivity index (χ1) is 28.5. The van der Waals surface area contributed by atoms with Crippen molar-refractivity contribution >= 4 is 92.6 Å². The van der Waals surface area contributed by atoms with Crippen molar-refractivity contribution in [1.29, 1.82) is 0 Å². The minimum Gasteiger partial charge on any atom is -0.481 e. The van der Waals surface area contributed by atoms with Crippen LogP contribution >= 0.6 is 21.6 Å². The highest BCUT2D eigenvalue weighted by molar-refractivity contribution is 8.76. The number of nitrogens with one attached hydrogen (secondary N) is 4. The third-order valence-corrected chi connectivity index (χ3v) is 10.1. The smallest absolute Gasteiger partial charge is 0.471 e. The summed E-state index contributed by atoms with van der Waals surface area (Å²) in [5.74, 6) is -22.8. The minimum atomic E-state index is -5.45. The summed E-state index contributed by atoms with van der Waals surface area (Å²) in [6.45, 7) is 0.135. The highest BCUT2D eigenvalue weighted by Crippen LogP contribution is 2.27. The number of Topliss-reactive ketones (excluding diaryl/α,β-unsaturated/α-hetero) is 2. The Hall–Kier alpha value is -5.68. The first kappa shape index (κ1) is 56.3. The average molecular weight is 947 g/mol. The van der Waals surface area contributed by atoms with E-state index in [9.17, 15) is 94.1 Å². The summed E-state index contributed by atoms with van der Waals surface area (Å²) >= 11 is 0. The van der Waals surface area contributed by atoms with Crippen molar-refractivity contribution in [2.75, 3.05) is 24.7 Å². The predicted molar refractivity (Wildman–Crippen MR) is 193 cm³/mol. The lowest BCUT2D eigenvalue weighted by molar-refractivity contribution is -0.175. The van der Waals surface area contributed by atoms with Crippen molar-refractivity contribution < 1.29 is 114 Å². The summed E-state index contributed by atoms with van der Waals surface area (Å²) in [4.78, 5) is 143. The number of amides is 4. The van der Waals surface area contributed by atoms with Gasteiger partial charge in [-0.1, -0.05) is 21.6 Å². The molecule has 0 unspecified atom stereocenters. The second kappa shape index (κ2) is 26.6. The van der Waals surface area contributed by atoms with E-state index in [0.29, 0.717) is 21.6 Å². The SMILES string of the molecule is CC(=O)OC[C@H](CC(=O)CC[C@H](NC(=O)C(F)(F)F)C(=O)O)C(=O)N[C@@H](CSSC[C@H](CC(=O)[C@H](COC(C)=O)NC(=O)CC[C@H](NC(=O)C(F)(F)F)C(=O)O)C(=O)O)C(=O)O. The van der Waals surface area contributed by atoms with E-state index in [-0.39, 0.29) is 0 Å². The summed E-state index contributed by atoms with van der Waals surface area (Å²) in [6.07, 6.45) is -16.1. The van der Waals surface area contributed by atoms with Crippen LogP contribution in [-0.4, -0.2) is 153 Å². The average Bonchev–Trinajstić information content (AvgIpc) is 3.13. The maximum absolute atomic E-state index is 13.1. The molecule has 0 saturated carbocycles. The number of rotatable bonds is 29. The highest BCUT2D eigenvalue weighted by atomic mass is 33.1. The van der Waals surface area contributed by atoms with E-state index in [1.165, 1.54) is 10.6 Å². The fraction of sp³-hybridized carbons (Fsp3) is 0.625. The lowest BCUT2D eigenvalue weighted by Crippen LogP contribution is -2.48. The number of ether oxygens (including phenoxy) is 2. The fourth-order valence-corrected chi connectivity index (χ4v) is 6.85. The van der Waals surface area contributed by atoms with Gasteiger partial charge in [-0.3, -0.25) is 43.2 Å². The standard InChI is InChI=1S/C32H40F6N4O18S2/c1-13(43)59-9-15(7-17(45)3-4-18(26(51)52)41-29(57)31(33,34)35)24(48)40-21(28(55)56)12-62-61-11-16(25(49)50)8-22(46)20(10-60-14(2)44)39-23(47)6-5-19(27(53)54)42-30(58)32(36,37)38/h15-16,18-21H,3-12H2,1-2H3,(H,39,47)(H,40,48)(H,41,57)(H,42,58)(H,49,50)(H,51,52)(H,53,54)(H,55,56)/t15-,16-,18-,19-,20-,21-/m0/s1. The van der Waals surface area contributed by atoms with Gasteiger partial charge in [0.15, 0.2) is 5.78 Å². The Bertz CT molecular complexity index is 1580. The van der Waals surface area contributed by atoms with E-state index >= 15 is 0 Å². The number of ketones is 2. The van der Waals surface area contributed by atoms with Crippen molar-refractivity contribution in [1.82, 2.24) is 21.3 Å². The number of hydrogen-bond acceptors (Lipinski definition) is 16. The number of carbonyl (C=O) groups is 12. The van der Waals surface area contributed by atoms with Gasteiger partial charge in [0, 0.05) is 51.0 Å². The molecule has 6 atom stereocenters. The fourth-order valence-electron chi connectivity index (χ4n) is 4.39. The molecule has 0 saturated heterocycles. The number of carboxylic acids is 4. The van der Waals surface area contributed by atoms with Gasteiger partial charge in [-0.2, -0.15) is 26.3 Å². The van der Waals surface area contributed by atoms with Gasteiger partial charge in [-0.15, -0.1) is 0 Å². The zero-order valence-corrected chi connectivity index (χ0v) is 33.8. The Balaban J connectivity index is 5.61. The monoisotopic (exact) mass is 946 g/mol. The molecule has 0 spiro atoms. The van der Waals surface area contributed by atoms with Crippen LogP contribution in [0.25, 0.3) is 0 Å².